The topological polar surface area (TPSA) is 154 Å². The normalized spacial score (nSPS) is 10.6. The van der Waals surface area contributed by atoms with Gasteiger partial charge in [0, 0.05) is 0 Å². The molecule has 0 aliphatic carbocycles. The number of hydrazone groups is 1. The Morgan fingerprint density at radius 2 is 1.44 bits per heavy atom. The fourth-order valence-corrected chi connectivity index (χ4v) is 1.93. The average molecular weight is 345 g/mol. The first-order valence-electron chi connectivity index (χ1n) is 6.76. The third kappa shape index (κ3) is 4.10. The van der Waals surface area contributed by atoms with Gasteiger partial charge in [-0.15, -0.1) is 0 Å². The molecule has 0 unspecified atom stereocenters. The molecule has 0 spiro atoms. The van der Waals surface area contributed by atoms with Crippen molar-refractivity contribution in [1.82, 2.24) is 0 Å². The van der Waals surface area contributed by atoms with Crippen LogP contribution in [0.25, 0.3) is 0 Å². The molecule has 128 valence electrons. The molecule has 0 aliphatic rings. The van der Waals surface area contributed by atoms with Gasteiger partial charge >= 0.3 is 11.4 Å². The molecular formula is C14H11N5O6. The number of rotatable bonds is 6. The highest BCUT2D eigenvalue weighted by molar-refractivity contribution is 5.82. The molecule has 0 amide bonds. The number of anilines is 1. The van der Waals surface area contributed by atoms with Gasteiger partial charge in [0.05, 0.1) is 33.1 Å². The quantitative estimate of drug-likeness (QED) is 0.479. The van der Waals surface area contributed by atoms with Crippen LogP contribution in [0.2, 0.25) is 0 Å². The molecule has 0 aromatic heterocycles. The third-order valence-electron chi connectivity index (χ3n) is 3.15. The molecule has 0 saturated carbocycles. The molecule has 2 rings (SSSR count). The summed E-state index contributed by atoms with van der Waals surface area (Å²) in [5.74, 6) is 0. The van der Waals surface area contributed by atoms with Gasteiger partial charge in [-0.2, -0.15) is 5.10 Å². The second-order valence-electron chi connectivity index (χ2n) is 4.91. The Labute approximate surface area is 140 Å². The van der Waals surface area contributed by atoms with Crippen LogP contribution in [0.5, 0.6) is 0 Å². The minimum absolute atomic E-state index is 0.538. The van der Waals surface area contributed by atoms with E-state index in [4.69, 9.17) is 0 Å². The third-order valence-corrected chi connectivity index (χ3v) is 3.15. The first kappa shape index (κ1) is 17.5. The van der Waals surface area contributed by atoms with Crippen LogP contribution < -0.4 is 5.43 Å². The Morgan fingerprint density at radius 1 is 0.920 bits per heavy atom. The predicted molar refractivity (Wildman–Crippen MR) is 88.8 cm³/mol. The SMILES string of the molecule is Cc1ccc(/C=N/Nc2c([N+](=O)[O-])cc([N+](=O)[O-])cc2[N+](=O)[O-])cc1. The van der Waals surface area contributed by atoms with E-state index in [1.807, 2.05) is 19.1 Å². The molecule has 0 saturated heterocycles. The van der Waals surface area contributed by atoms with Gasteiger partial charge in [0.15, 0.2) is 0 Å². The van der Waals surface area contributed by atoms with Gasteiger partial charge in [0.1, 0.15) is 0 Å². The summed E-state index contributed by atoms with van der Waals surface area (Å²) < 4.78 is 0. The lowest BCUT2D eigenvalue weighted by molar-refractivity contribution is -0.401. The Bertz CT molecular complexity index is 843. The van der Waals surface area contributed by atoms with E-state index in [1.165, 1.54) is 6.21 Å². The van der Waals surface area contributed by atoms with E-state index < -0.39 is 37.5 Å². The summed E-state index contributed by atoms with van der Waals surface area (Å²) in [5, 5.41) is 36.8. The molecular weight excluding hydrogens is 334 g/mol. The zero-order chi connectivity index (χ0) is 18.6. The van der Waals surface area contributed by atoms with Gasteiger partial charge < -0.3 is 0 Å². The fourth-order valence-electron chi connectivity index (χ4n) is 1.93. The van der Waals surface area contributed by atoms with Crippen molar-refractivity contribution in [3.05, 3.63) is 77.9 Å². The maximum atomic E-state index is 11.1. The van der Waals surface area contributed by atoms with E-state index in [1.54, 1.807) is 12.1 Å². The zero-order valence-electron chi connectivity index (χ0n) is 12.8. The summed E-state index contributed by atoms with van der Waals surface area (Å²) >= 11 is 0. The maximum Gasteiger partial charge on any atom is 0.308 e. The summed E-state index contributed by atoms with van der Waals surface area (Å²) in [4.78, 5) is 30.2. The molecule has 1 N–H and O–H groups in total. The van der Waals surface area contributed by atoms with Gasteiger partial charge in [0.25, 0.3) is 5.69 Å². The van der Waals surface area contributed by atoms with Crippen LogP contribution >= 0.6 is 0 Å². The smallest absolute Gasteiger partial charge is 0.266 e. The highest BCUT2D eigenvalue weighted by atomic mass is 16.6. The maximum absolute atomic E-state index is 11.1. The number of aryl methyl sites for hydroxylation is 1. The highest BCUT2D eigenvalue weighted by Crippen LogP contribution is 2.38. The van der Waals surface area contributed by atoms with E-state index in [9.17, 15) is 30.3 Å². The van der Waals surface area contributed by atoms with Crippen molar-refractivity contribution in [2.75, 3.05) is 5.43 Å². The lowest BCUT2D eigenvalue weighted by Crippen LogP contribution is -2.03. The van der Waals surface area contributed by atoms with Gasteiger partial charge in [-0.05, 0) is 12.5 Å². The lowest BCUT2D eigenvalue weighted by atomic mass is 10.2. The van der Waals surface area contributed by atoms with Crippen molar-refractivity contribution in [2.24, 2.45) is 5.10 Å². The van der Waals surface area contributed by atoms with Gasteiger partial charge in [-0.1, -0.05) is 29.8 Å². The van der Waals surface area contributed by atoms with Crippen molar-refractivity contribution in [3.63, 3.8) is 0 Å². The van der Waals surface area contributed by atoms with Crippen LogP contribution in [0, 0.1) is 37.3 Å². The summed E-state index contributed by atoms with van der Waals surface area (Å²) in [7, 11) is 0. The molecule has 0 aliphatic heterocycles. The second kappa shape index (κ2) is 7.12. The van der Waals surface area contributed by atoms with Crippen LogP contribution in [-0.2, 0) is 0 Å². The Kier molecular flexibility index (Phi) is 4.98. The van der Waals surface area contributed by atoms with E-state index in [0.29, 0.717) is 17.7 Å². The number of nitrogens with one attached hydrogen (secondary N) is 1. The first-order chi connectivity index (χ1) is 11.8. The van der Waals surface area contributed by atoms with E-state index >= 15 is 0 Å². The number of benzene rings is 2. The van der Waals surface area contributed by atoms with Crippen LogP contribution in [0.4, 0.5) is 22.7 Å². The van der Waals surface area contributed by atoms with Crippen molar-refractivity contribution in [3.8, 4) is 0 Å². The number of nitrogens with zero attached hydrogens (tertiary/aromatic N) is 4. The number of hydrogen-bond donors (Lipinski definition) is 1. The Balaban J connectivity index is 2.44. The standard InChI is InChI=1S/C14H11N5O6/c1-9-2-4-10(5-3-9)8-15-16-14-12(18(22)23)6-11(17(20)21)7-13(14)19(24)25/h2-8,16H,1H3/b15-8+. The van der Waals surface area contributed by atoms with Crippen molar-refractivity contribution in [2.45, 2.75) is 6.92 Å². The minimum Gasteiger partial charge on any atom is -0.266 e. The van der Waals surface area contributed by atoms with Crippen molar-refractivity contribution >= 4 is 29.0 Å². The van der Waals surface area contributed by atoms with E-state index in [-0.39, 0.29) is 0 Å². The molecule has 2 aromatic carbocycles. The highest BCUT2D eigenvalue weighted by Gasteiger charge is 2.30. The first-order valence-corrected chi connectivity index (χ1v) is 6.76. The van der Waals surface area contributed by atoms with Crippen LogP contribution in [0.3, 0.4) is 0 Å². The van der Waals surface area contributed by atoms with Crippen molar-refractivity contribution in [1.29, 1.82) is 0 Å². The monoisotopic (exact) mass is 345 g/mol. The number of hydrogen-bond acceptors (Lipinski definition) is 8. The van der Waals surface area contributed by atoms with Crippen LogP contribution in [-0.4, -0.2) is 21.0 Å². The Hall–Kier alpha value is -3.89. The molecule has 11 nitrogen and oxygen atoms in total. The Morgan fingerprint density at radius 3 is 1.88 bits per heavy atom. The molecule has 0 heterocycles. The van der Waals surface area contributed by atoms with Crippen LogP contribution in [0.1, 0.15) is 11.1 Å². The largest absolute Gasteiger partial charge is 0.308 e. The summed E-state index contributed by atoms with van der Waals surface area (Å²) in [6.07, 6.45) is 1.31. The summed E-state index contributed by atoms with van der Waals surface area (Å²) in [6, 6.07) is 8.38. The second-order valence-corrected chi connectivity index (χ2v) is 4.91. The lowest BCUT2D eigenvalue weighted by Gasteiger charge is -2.03. The average Bonchev–Trinajstić information content (AvgIpc) is 2.55. The molecule has 0 atom stereocenters. The van der Waals surface area contributed by atoms with Gasteiger partial charge in [0.2, 0.25) is 5.69 Å². The summed E-state index contributed by atoms with van der Waals surface area (Å²) in [5.41, 5.74) is 0.984. The number of nitro groups is 3. The fraction of sp³-hybridized carbons (Fsp3) is 0.0714. The number of non-ortho nitro benzene ring substituents is 1. The summed E-state index contributed by atoms with van der Waals surface area (Å²) in [6.45, 7) is 1.89. The molecule has 2 aromatic rings. The van der Waals surface area contributed by atoms with E-state index in [0.717, 1.165) is 5.56 Å². The molecule has 0 fully saturated rings. The molecule has 0 radical (unpaired) electrons. The predicted octanol–water partition coefficient (Wildman–Crippen LogP) is 3.17. The number of nitro benzene ring substituents is 3. The molecule has 11 heteroatoms. The molecule has 25 heavy (non-hydrogen) atoms. The van der Waals surface area contributed by atoms with Gasteiger partial charge in [-0.25, -0.2) is 0 Å². The van der Waals surface area contributed by atoms with E-state index in [2.05, 4.69) is 10.5 Å². The van der Waals surface area contributed by atoms with Gasteiger partial charge in [-0.3, -0.25) is 35.8 Å². The minimum atomic E-state index is -0.955. The zero-order valence-corrected chi connectivity index (χ0v) is 12.8. The van der Waals surface area contributed by atoms with Crippen LogP contribution in [0.15, 0.2) is 41.5 Å². The van der Waals surface area contributed by atoms with Crippen molar-refractivity contribution < 1.29 is 14.8 Å². The molecule has 0 bridgehead atoms.